The van der Waals surface area contributed by atoms with E-state index < -0.39 is 6.04 Å². The number of nitrogens with zero attached hydrogens (tertiary/aromatic N) is 1. The molecule has 0 aliphatic carbocycles. The molecule has 1 aliphatic rings. The van der Waals surface area contributed by atoms with Crippen LogP contribution < -0.4 is 19.6 Å². The van der Waals surface area contributed by atoms with E-state index in [1.807, 2.05) is 75.4 Å². The van der Waals surface area contributed by atoms with Crippen LogP contribution in [0.4, 0.5) is 0 Å². The van der Waals surface area contributed by atoms with Gasteiger partial charge in [0.05, 0.1) is 37.3 Å². The van der Waals surface area contributed by atoms with Gasteiger partial charge in [0.1, 0.15) is 11.3 Å². The maximum absolute atomic E-state index is 14.1. The first-order chi connectivity index (χ1) is 19.9. The Morgan fingerprint density at radius 1 is 0.927 bits per heavy atom. The van der Waals surface area contributed by atoms with E-state index in [0.717, 1.165) is 40.8 Å². The van der Waals surface area contributed by atoms with Gasteiger partial charge in [-0.1, -0.05) is 37.6 Å². The molecule has 1 amide bonds. The third-order valence-corrected chi connectivity index (χ3v) is 7.54. The highest BCUT2D eigenvalue weighted by Gasteiger charge is 2.43. The molecule has 5 rings (SSSR count). The Morgan fingerprint density at radius 3 is 2.41 bits per heavy atom. The van der Waals surface area contributed by atoms with Gasteiger partial charge in [0, 0.05) is 6.54 Å². The highest BCUT2D eigenvalue weighted by atomic mass is 16.5. The van der Waals surface area contributed by atoms with Crippen LogP contribution in [-0.4, -0.2) is 37.7 Å². The van der Waals surface area contributed by atoms with Gasteiger partial charge in [-0.15, -0.1) is 0 Å². The van der Waals surface area contributed by atoms with Gasteiger partial charge < -0.3 is 23.5 Å². The highest BCUT2D eigenvalue weighted by molar-refractivity contribution is 5.99. The molecule has 41 heavy (non-hydrogen) atoms. The van der Waals surface area contributed by atoms with Crippen molar-refractivity contribution in [2.45, 2.75) is 53.0 Å². The van der Waals surface area contributed by atoms with Crippen LogP contribution in [-0.2, 0) is 6.42 Å². The van der Waals surface area contributed by atoms with Crippen molar-refractivity contribution in [2.75, 3.05) is 26.9 Å². The second-order valence-electron chi connectivity index (χ2n) is 10.5. The Balaban J connectivity index is 1.61. The number of benzene rings is 3. The molecule has 0 saturated heterocycles. The summed E-state index contributed by atoms with van der Waals surface area (Å²) in [5, 5.41) is 0.487. The average Bonchev–Trinajstić information content (AvgIpc) is 3.25. The lowest BCUT2D eigenvalue weighted by Crippen LogP contribution is -2.31. The maximum Gasteiger partial charge on any atom is 0.290 e. The summed E-state index contributed by atoms with van der Waals surface area (Å²) in [7, 11) is 1.63. The lowest BCUT2D eigenvalue weighted by molar-refractivity contribution is 0.0729. The number of methoxy groups -OCH3 is 1. The van der Waals surface area contributed by atoms with Gasteiger partial charge in [-0.3, -0.25) is 9.59 Å². The minimum absolute atomic E-state index is 0.107. The molecule has 0 spiro atoms. The van der Waals surface area contributed by atoms with E-state index in [1.54, 1.807) is 12.0 Å². The molecule has 0 radical (unpaired) electrons. The van der Waals surface area contributed by atoms with Crippen LogP contribution in [0, 0.1) is 13.8 Å². The van der Waals surface area contributed by atoms with Crippen LogP contribution in [0.25, 0.3) is 11.0 Å². The predicted molar refractivity (Wildman–Crippen MR) is 160 cm³/mol. The average molecular weight is 556 g/mol. The molecule has 3 aromatic carbocycles. The van der Waals surface area contributed by atoms with Crippen LogP contribution in [0.15, 0.2) is 63.8 Å². The summed E-state index contributed by atoms with van der Waals surface area (Å²) in [4.78, 5) is 29.8. The summed E-state index contributed by atoms with van der Waals surface area (Å²) in [6.07, 6.45) is 2.56. The van der Waals surface area contributed by atoms with E-state index in [9.17, 15) is 9.59 Å². The van der Waals surface area contributed by atoms with E-state index in [2.05, 4.69) is 6.92 Å². The number of hydrogen-bond donors (Lipinski definition) is 0. The van der Waals surface area contributed by atoms with Crippen molar-refractivity contribution in [3.63, 3.8) is 0 Å². The lowest BCUT2D eigenvalue weighted by atomic mass is 9.96. The first-order valence-corrected chi connectivity index (χ1v) is 14.3. The molecule has 0 N–H and O–H groups in total. The Bertz CT molecular complexity index is 1620. The Kier molecular flexibility index (Phi) is 8.34. The molecule has 2 heterocycles. The van der Waals surface area contributed by atoms with Crippen molar-refractivity contribution in [3.05, 3.63) is 98.4 Å². The molecule has 1 aliphatic heterocycles. The number of amides is 1. The second-order valence-corrected chi connectivity index (χ2v) is 10.5. The third kappa shape index (κ3) is 5.53. The number of rotatable bonds is 11. The summed E-state index contributed by atoms with van der Waals surface area (Å²) in [6, 6.07) is 16.6. The fourth-order valence-electron chi connectivity index (χ4n) is 5.50. The van der Waals surface area contributed by atoms with E-state index in [-0.39, 0.29) is 17.1 Å². The zero-order valence-corrected chi connectivity index (χ0v) is 24.4. The first-order valence-electron chi connectivity index (χ1n) is 14.3. The first kappa shape index (κ1) is 28.3. The van der Waals surface area contributed by atoms with Gasteiger partial charge in [-0.05, 0) is 86.2 Å². The number of unbranched alkanes of at least 4 members (excludes halogenated alkanes) is 1. The second kappa shape index (κ2) is 12.1. The molecule has 7 nitrogen and oxygen atoms in total. The monoisotopic (exact) mass is 555 g/mol. The van der Waals surface area contributed by atoms with Gasteiger partial charge in [0.25, 0.3) is 5.91 Å². The van der Waals surface area contributed by atoms with Crippen molar-refractivity contribution >= 4 is 16.9 Å². The molecule has 7 heteroatoms. The largest absolute Gasteiger partial charge is 0.497 e. The van der Waals surface area contributed by atoms with Crippen molar-refractivity contribution in [2.24, 2.45) is 0 Å². The zero-order chi connectivity index (χ0) is 29.1. The van der Waals surface area contributed by atoms with Crippen molar-refractivity contribution < 1.29 is 23.4 Å². The molecule has 1 unspecified atom stereocenters. The van der Waals surface area contributed by atoms with Crippen LogP contribution in [0.2, 0.25) is 0 Å². The molecule has 0 bridgehead atoms. The maximum atomic E-state index is 14.1. The fraction of sp³-hybridized carbons (Fsp3) is 0.353. The number of carbonyl (C=O) groups excluding carboxylic acids is 1. The van der Waals surface area contributed by atoms with E-state index in [4.69, 9.17) is 18.6 Å². The zero-order valence-electron chi connectivity index (χ0n) is 24.4. The minimum Gasteiger partial charge on any atom is -0.497 e. The smallest absolute Gasteiger partial charge is 0.290 e. The van der Waals surface area contributed by atoms with Gasteiger partial charge >= 0.3 is 0 Å². The number of aryl methyl sites for hydroxylation is 2. The van der Waals surface area contributed by atoms with Crippen molar-refractivity contribution in [3.8, 4) is 17.2 Å². The van der Waals surface area contributed by atoms with Gasteiger partial charge in [0.2, 0.25) is 5.76 Å². The Morgan fingerprint density at radius 2 is 1.71 bits per heavy atom. The van der Waals surface area contributed by atoms with Gasteiger partial charge in [0.15, 0.2) is 16.9 Å². The normalized spacial score (nSPS) is 14.4. The van der Waals surface area contributed by atoms with Gasteiger partial charge in [-0.2, -0.15) is 0 Å². The van der Waals surface area contributed by atoms with Gasteiger partial charge in [-0.25, -0.2) is 0 Å². The summed E-state index contributed by atoms with van der Waals surface area (Å²) in [6.45, 7) is 9.33. The molecular formula is C34H37NO6. The van der Waals surface area contributed by atoms with Crippen LogP contribution in [0.5, 0.6) is 17.2 Å². The Hall–Kier alpha value is -4.26. The molecule has 0 saturated carbocycles. The molecule has 0 fully saturated rings. The standard InChI is InChI=1S/C34H37NO6/c1-6-8-17-40-27-14-11-24(20-28(27)39-7-2)30-29-31(36)26-19-21(3)18-22(4)32(26)41-33(29)34(37)35(30)16-15-23-9-12-25(38-5)13-10-23/h9-14,18-20,30H,6-8,15-17H2,1-5H3. The predicted octanol–water partition coefficient (Wildman–Crippen LogP) is 6.78. The van der Waals surface area contributed by atoms with Crippen LogP contribution >= 0.6 is 0 Å². The van der Waals surface area contributed by atoms with E-state index in [0.29, 0.717) is 54.2 Å². The minimum atomic E-state index is -0.624. The van der Waals surface area contributed by atoms with Crippen LogP contribution in [0.3, 0.4) is 0 Å². The van der Waals surface area contributed by atoms with Crippen molar-refractivity contribution in [1.82, 2.24) is 4.90 Å². The molecular weight excluding hydrogens is 518 g/mol. The lowest BCUT2D eigenvalue weighted by Gasteiger charge is -2.26. The van der Waals surface area contributed by atoms with Crippen molar-refractivity contribution in [1.29, 1.82) is 0 Å². The van der Waals surface area contributed by atoms with E-state index in [1.165, 1.54) is 0 Å². The molecule has 214 valence electrons. The molecule has 4 aromatic rings. The Labute approximate surface area is 240 Å². The quantitative estimate of drug-likeness (QED) is 0.190. The number of carbonyl (C=O) groups is 1. The molecule has 1 aromatic heterocycles. The summed E-state index contributed by atoms with van der Waals surface area (Å²) in [5.74, 6) is 1.83. The summed E-state index contributed by atoms with van der Waals surface area (Å²) < 4.78 is 23.5. The number of ether oxygens (including phenoxy) is 3. The summed E-state index contributed by atoms with van der Waals surface area (Å²) >= 11 is 0. The summed E-state index contributed by atoms with van der Waals surface area (Å²) in [5.41, 5.74) is 4.26. The SMILES string of the molecule is CCCCOc1ccc(C2c3c(oc4c(C)cc(C)cc4c3=O)C(=O)N2CCc2ccc(OC)cc2)cc1OCC. The van der Waals surface area contributed by atoms with E-state index >= 15 is 0 Å². The highest BCUT2D eigenvalue weighted by Crippen LogP contribution is 2.41. The fourth-order valence-corrected chi connectivity index (χ4v) is 5.50. The third-order valence-electron chi connectivity index (χ3n) is 7.54. The number of fused-ring (bicyclic) bond motifs is 2. The number of hydrogen-bond acceptors (Lipinski definition) is 6. The molecule has 1 atom stereocenters. The van der Waals surface area contributed by atoms with Crippen LogP contribution in [0.1, 0.15) is 71.1 Å². The topological polar surface area (TPSA) is 78.2 Å².